The zero-order chi connectivity index (χ0) is 33.7. The van der Waals surface area contributed by atoms with E-state index in [9.17, 15) is 24.6 Å². The van der Waals surface area contributed by atoms with Crippen LogP contribution in [0.1, 0.15) is 227 Å². The Labute approximate surface area is 279 Å². The summed E-state index contributed by atoms with van der Waals surface area (Å²) in [5.74, 6) is -1.57. The zero-order valence-electron chi connectivity index (χ0n) is 30.5. The molecule has 0 heterocycles. The van der Waals surface area contributed by atoms with Gasteiger partial charge in [0, 0.05) is 6.42 Å². The molecule has 0 aromatic heterocycles. The Morgan fingerprint density at radius 3 is 1.00 bits per heavy atom. The molecule has 0 aliphatic rings. The molecule has 0 spiro atoms. The van der Waals surface area contributed by atoms with Crippen LogP contribution in [0.15, 0.2) is 0 Å². The molecule has 0 radical (unpaired) electrons. The Balaban J connectivity index is 4.95. The van der Waals surface area contributed by atoms with Gasteiger partial charge in [0.15, 0.2) is 0 Å². The molecular weight excluding hydrogens is 560 g/mol. The van der Waals surface area contributed by atoms with Crippen LogP contribution in [-0.4, -0.2) is 27.9 Å². The monoisotopic (exact) mass is 637 g/mol. The SMILES string of the molecule is CCCCCCCCC(CCCCCC)(CCCCCCCC(=O)C(CCCCCC)(CCCCCCCC)C(=O)O)C(=O)O. The van der Waals surface area contributed by atoms with Gasteiger partial charge in [0.25, 0.3) is 0 Å². The number of hydrogen-bond donors (Lipinski definition) is 2. The van der Waals surface area contributed by atoms with E-state index in [0.717, 1.165) is 128 Å². The van der Waals surface area contributed by atoms with Gasteiger partial charge in [-0.15, -0.1) is 0 Å². The molecule has 0 saturated carbocycles. The highest BCUT2D eigenvalue weighted by Crippen LogP contribution is 2.38. The van der Waals surface area contributed by atoms with Gasteiger partial charge in [-0.2, -0.15) is 0 Å². The van der Waals surface area contributed by atoms with Gasteiger partial charge in [-0.05, 0) is 38.5 Å². The fraction of sp³-hybridized carbons (Fsp3) is 0.925. The number of unbranched alkanes of at least 4 members (excludes halogenated alkanes) is 20. The van der Waals surface area contributed by atoms with Crippen LogP contribution >= 0.6 is 0 Å². The van der Waals surface area contributed by atoms with Crippen molar-refractivity contribution in [2.24, 2.45) is 10.8 Å². The number of carbonyl (C=O) groups excluding carboxylic acids is 1. The predicted molar refractivity (Wildman–Crippen MR) is 191 cm³/mol. The molecule has 5 nitrogen and oxygen atoms in total. The smallest absolute Gasteiger partial charge is 0.317 e. The van der Waals surface area contributed by atoms with Crippen LogP contribution in [-0.2, 0) is 14.4 Å². The highest BCUT2D eigenvalue weighted by Gasteiger charge is 2.44. The Kier molecular flexibility index (Phi) is 27.9. The molecular formula is C40H76O5. The van der Waals surface area contributed by atoms with Gasteiger partial charge < -0.3 is 10.2 Å². The average molecular weight is 637 g/mol. The van der Waals surface area contributed by atoms with Gasteiger partial charge in [0.05, 0.1) is 5.41 Å². The molecule has 2 unspecified atom stereocenters. The lowest BCUT2D eigenvalue weighted by Crippen LogP contribution is -2.39. The van der Waals surface area contributed by atoms with Gasteiger partial charge in [0.2, 0.25) is 0 Å². The number of Topliss-reactive ketones (excluding diaryl/α,β-unsaturated/α-hetero) is 1. The van der Waals surface area contributed by atoms with Crippen molar-refractivity contribution in [3.05, 3.63) is 0 Å². The maximum absolute atomic E-state index is 13.5. The molecule has 266 valence electrons. The standard InChI is InChI=1S/C40H76O5/c1-5-9-13-17-21-26-32-39(37(42)43,31-25-15-11-7-3)33-27-22-19-20-24-30-36(41)40(38(44)45,34-28-16-12-8-4)35-29-23-18-14-10-6-2/h5-35H2,1-4H3,(H,42,43)(H,44,45). The molecule has 0 amide bonds. The van der Waals surface area contributed by atoms with Gasteiger partial charge >= 0.3 is 11.9 Å². The second-order valence-corrected chi connectivity index (χ2v) is 14.3. The van der Waals surface area contributed by atoms with Gasteiger partial charge in [-0.1, -0.05) is 182 Å². The second kappa shape index (κ2) is 28.8. The Bertz CT molecular complexity index is 734. The van der Waals surface area contributed by atoms with Crippen molar-refractivity contribution < 1.29 is 24.6 Å². The van der Waals surface area contributed by atoms with Crippen molar-refractivity contribution in [3.8, 4) is 0 Å². The highest BCUT2D eigenvalue weighted by molar-refractivity contribution is 6.03. The topological polar surface area (TPSA) is 91.7 Å². The molecule has 0 aliphatic carbocycles. The van der Waals surface area contributed by atoms with E-state index in [2.05, 4.69) is 27.7 Å². The molecule has 0 saturated heterocycles. The molecule has 45 heavy (non-hydrogen) atoms. The summed E-state index contributed by atoms with van der Waals surface area (Å²) < 4.78 is 0. The van der Waals surface area contributed by atoms with Crippen molar-refractivity contribution in [2.75, 3.05) is 0 Å². The summed E-state index contributed by atoms with van der Waals surface area (Å²) in [5.41, 5.74) is -1.81. The molecule has 2 N–H and O–H groups in total. The number of ketones is 1. The van der Waals surface area contributed by atoms with E-state index in [1.54, 1.807) is 0 Å². The van der Waals surface area contributed by atoms with Crippen molar-refractivity contribution in [1.82, 2.24) is 0 Å². The zero-order valence-corrected chi connectivity index (χ0v) is 30.5. The summed E-state index contributed by atoms with van der Waals surface area (Å²) in [4.78, 5) is 38.7. The normalized spacial score (nSPS) is 14.2. The minimum absolute atomic E-state index is 0.0593. The minimum Gasteiger partial charge on any atom is -0.481 e. The van der Waals surface area contributed by atoms with Crippen LogP contribution in [0.2, 0.25) is 0 Å². The fourth-order valence-corrected chi connectivity index (χ4v) is 7.15. The quantitative estimate of drug-likeness (QED) is 0.0533. The first-order valence-electron chi connectivity index (χ1n) is 19.8. The molecule has 0 rings (SSSR count). The number of hydrogen-bond acceptors (Lipinski definition) is 3. The third-order valence-corrected chi connectivity index (χ3v) is 10.4. The summed E-state index contributed by atoms with van der Waals surface area (Å²) in [6, 6.07) is 0. The van der Waals surface area contributed by atoms with E-state index in [1.165, 1.54) is 51.4 Å². The summed E-state index contributed by atoms with van der Waals surface area (Å²) in [6.07, 6.45) is 30.2. The molecule has 2 atom stereocenters. The van der Waals surface area contributed by atoms with Crippen molar-refractivity contribution in [3.63, 3.8) is 0 Å². The maximum Gasteiger partial charge on any atom is 0.317 e. The van der Waals surface area contributed by atoms with Crippen molar-refractivity contribution in [1.29, 1.82) is 0 Å². The molecule has 0 fully saturated rings. The van der Waals surface area contributed by atoms with Crippen LogP contribution < -0.4 is 0 Å². The molecule has 0 aromatic rings. The van der Waals surface area contributed by atoms with E-state index in [1.807, 2.05) is 0 Å². The van der Waals surface area contributed by atoms with E-state index in [4.69, 9.17) is 0 Å². The van der Waals surface area contributed by atoms with Crippen molar-refractivity contribution >= 4 is 17.7 Å². The fourth-order valence-electron chi connectivity index (χ4n) is 7.15. The number of carbonyl (C=O) groups is 3. The third kappa shape index (κ3) is 19.8. The van der Waals surface area contributed by atoms with Crippen LogP contribution in [0.25, 0.3) is 0 Å². The summed E-state index contributed by atoms with van der Waals surface area (Å²) in [5, 5.41) is 20.7. The summed E-state index contributed by atoms with van der Waals surface area (Å²) >= 11 is 0. The second-order valence-electron chi connectivity index (χ2n) is 14.3. The number of aliphatic carboxylic acids is 2. The Morgan fingerprint density at radius 2 is 0.667 bits per heavy atom. The summed E-state index contributed by atoms with van der Waals surface area (Å²) in [6.45, 7) is 8.76. The first-order chi connectivity index (χ1) is 21.8. The Hall–Kier alpha value is -1.39. The van der Waals surface area contributed by atoms with E-state index in [0.29, 0.717) is 19.3 Å². The highest BCUT2D eigenvalue weighted by atomic mass is 16.4. The lowest BCUT2D eigenvalue weighted by Gasteiger charge is -2.30. The first-order valence-corrected chi connectivity index (χ1v) is 19.8. The average Bonchev–Trinajstić information content (AvgIpc) is 3.02. The van der Waals surface area contributed by atoms with E-state index >= 15 is 0 Å². The minimum atomic E-state index is -1.21. The lowest BCUT2D eigenvalue weighted by atomic mass is 9.73. The number of carboxylic acid groups (broad SMARTS) is 2. The molecule has 0 aliphatic heterocycles. The van der Waals surface area contributed by atoms with Crippen LogP contribution in [0.5, 0.6) is 0 Å². The largest absolute Gasteiger partial charge is 0.481 e. The van der Waals surface area contributed by atoms with Crippen LogP contribution in [0.3, 0.4) is 0 Å². The van der Waals surface area contributed by atoms with Crippen molar-refractivity contribution in [2.45, 2.75) is 227 Å². The van der Waals surface area contributed by atoms with E-state index < -0.39 is 22.8 Å². The van der Waals surface area contributed by atoms with E-state index in [-0.39, 0.29) is 5.78 Å². The number of carboxylic acids is 2. The van der Waals surface area contributed by atoms with Gasteiger partial charge in [-0.25, -0.2) is 0 Å². The molecule has 5 heteroatoms. The van der Waals surface area contributed by atoms with Gasteiger partial charge in [0.1, 0.15) is 11.2 Å². The first kappa shape index (κ1) is 43.6. The van der Waals surface area contributed by atoms with Gasteiger partial charge in [-0.3, -0.25) is 14.4 Å². The lowest BCUT2D eigenvalue weighted by molar-refractivity contribution is -0.156. The third-order valence-electron chi connectivity index (χ3n) is 10.4. The summed E-state index contributed by atoms with van der Waals surface area (Å²) in [7, 11) is 0. The Morgan fingerprint density at radius 1 is 0.378 bits per heavy atom. The predicted octanol–water partition coefficient (Wildman–Crippen LogP) is 12.9. The molecule has 0 aromatic carbocycles. The van der Waals surface area contributed by atoms with Crippen LogP contribution in [0.4, 0.5) is 0 Å². The maximum atomic E-state index is 13.5. The number of rotatable bonds is 35. The van der Waals surface area contributed by atoms with Crippen LogP contribution in [0, 0.1) is 10.8 Å². The molecule has 0 bridgehead atoms.